The van der Waals surface area contributed by atoms with E-state index in [9.17, 15) is 4.79 Å². The molecule has 1 aromatic rings. The van der Waals surface area contributed by atoms with E-state index < -0.39 is 13.1 Å². The lowest BCUT2D eigenvalue weighted by Gasteiger charge is -2.12. The van der Waals surface area contributed by atoms with Crippen LogP contribution in [0.3, 0.4) is 0 Å². The fraction of sp³-hybridized carbons (Fsp3) is 0.300. The monoisotopic (exact) mass is 223 g/mol. The topological polar surface area (TPSA) is 78.8 Å². The van der Waals surface area contributed by atoms with Gasteiger partial charge < -0.3 is 20.1 Å². The Balaban J connectivity index is 3.35. The third-order valence-electron chi connectivity index (χ3n) is 2.40. The highest BCUT2D eigenvalue weighted by Crippen LogP contribution is 2.18. The van der Waals surface area contributed by atoms with Gasteiger partial charge in [-0.2, -0.15) is 0 Å². The number of carbonyl (C=O) groups excluding carboxylic acids is 1. The average molecular weight is 223 g/mol. The molecule has 1 aromatic carbocycles. The number of esters is 1. The van der Waals surface area contributed by atoms with Crippen molar-refractivity contribution in [3.63, 3.8) is 0 Å². The van der Waals surface area contributed by atoms with Gasteiger partial charge in [0.2, 0.25) is 0 Å². The third kappa shape index (κ3) is 2.34. The van der Waals surface area contributed by atoms with E-state index in [1.807, 2.05) is 0 Å². The van der Waals surface area contributed by atoms with Gasteiger partial charge in [0.05, 0.1) is 12.7 Å². The van der Waals surface area contributed by atoms with E-state index in [0.29, 0.717) is 16.8 Å². The van der Waals surface area contributed by atoms with Crippen LogP contribution in [-0.2, 0) is 4.74 Å². The minimum Gasteiger partial charge on any atom is -0.465 e. The molecule has 5 nitrogen and oxygen atoms in total. The van der Waals surface area contributed by atoms with Crippen LogP contribution >= 0.6 is 0 Å². The van der Waals surface area contributed by atoms with Crippen LogP contribution in [0.4, 0.5) is 5.69 Å². The Bertz CT molecular complexity index is 406. The van der Waals surface area contributed by atoms with E-state index in [0.717, 1.165) is 0 Å². The fourth-order valence-electron chi connectivity index (χ4n) is 1.47. The minimum absolute atomic E-state index is 0.246. The third-order valence-corrected chi connectivity index (χ3v) is 2.40. The van der Waals surface area contributed by atoms with Gasteiger partial charge in [-0.3, -0.25) is 0 Å². The highest BCUT2D eigenvalue weighted by Gasteiger charge is 2.19. The first-order valence-corrected chi connectivity index (χ1v) is 4.78. The summed E-state index contributed by atoms with van der Waals surface area (Å²) in [6.07, 6.45) is 0. The maximum atomic E-state index is 11.5. The van der Waals surface area contributed by atoms with Crippen molar-refractivity contribution in [3.05, 3.63) is 23.3 Å². The van der Waals surface area contributed by atoms with Crippen molar-refractivity contribution in [1.29, 1.82) is 0 Å². The maximum absolute atomic E-state index is 11.5. The van der Waals surface area contributed by atoms with Gasteiger partial charge in [-0.1, -0.05) is 0 Å². The van der Waals surface area contributed by atoms with Crippen molar-refractivity contribution in [2.24, 2.45) is 0 Å². The predicted octanol–water partition coefficient (Wildman–Crippen LogP) is -0.497. The summed E-state index contributed by atoms with van der Waals surface area (Å²) in [7, 11) is 1.36. The lowest BCUT2D eigenvalue weighted by molar-refractivity contribution is 0.0600. The Kier molecular flexibility index (Phi) is 3.92. The molecule has 0 unspecified atom stereocenters. The molecule has 0 amide bonds. The van der Waals surface area contributed by atoms with E-state index >= 15 is 0 Å². The van der Waals surface area contributed by atoms with Crippen LogP contribution in [0.5, 0.6) is 0 Å². The van der Waals surface area contributed by atoms with Crippen LogP contribution in [-0.4, -0.2) is 37.3 Å². The molecule has 0 spiro atoms. The summed E-state index contributed by atoms with van der Waals surface area (Å²) in [5, 5.41) is 21.1. The van der Waals surface area contributed by atoms with Gasteiger partial charge in [0, 0.05) is 12.7 Å². The Hall–Kier alpha value is -1.53. The zero-order valence-electron chi connectivity index (χ0n) is 9.44. The molecule has 0 aliphatic rings. The largest absolute Gasteiger partial charge is 0.488 e. The number of benzene rings is 1. The minimum atomic E-state index is -1.61. The zero-order chi connectivity index (χ0) is 12.3. The molecular formula is C10H14BNO4. The first-order valence-electron chi connectivity index (χ1n) is 4.78. The number of anilines is 1. The number of nitrogens with one attached hydrogen (secondary N) is 1. The second-order valence-corrected chi connectivity index (χ2v) is 3.36. The van der Waals surface area contributed by atoms with Crippen LogP contribution in [0.25, 0.3) is 0 Å². The van der Waals surface area contributed by atoms with E-state index in [2.05, 4.69) is 10.1 Å². The van der Waals surface area contributed by atoms with Gasteiger partial charge in [0.15, 0.2) is 0 Å². The van der Waals surface area contributed by atoms with Gasteiger partial charge in [-0.25, -0.2) is 4.79 Å². The molecule has 0 fully saturated rings. The summed E-state index contributed by atoms with van der Waals surface area (Å²) in [5.41, 5.74) is 1.93. The number of hydrogen-bond acceptors (Lipinski definition) is 5. The smallest absolute Gasteiger partial charge is 0.465 e. The molecule has 0 aliphatic heterocycles. The molecule has 0 heterocycles. The summed E-state index contributed by atoms with van der Waals surface area (Å²) >= 11 is 0. The fourth-order valence-corrected chi connectivity index (χ4v) is 1.47. The van der Waals surface area contributed by atoms with E-state index in [4.69, 9.17) is 10.0 Å². The van der Waals surface area contributed by atoms with Crippen molar-refractivity contribution in [1.82, 2.24) is 0 Å². The summed E-state index contributed by atoms with van der Waals surface area (Å²) in [6, 6.07) is 2.99. The van der Waals surface area contributed by atoms with Gasteiger partial charge >= 0.3 is 13.1 Å². The molecule has 6 heteroatoms. The quantitative estimate of drug-likeness (QED) is 0.475. The molecule has 0 radical (unpaired) electrons. The Morgan fingerprint density at radius 3 is 2.50 bits per heavy atom. The lowest BCUT2D eigenvalue weighted by atomic mass is 9.78. The molecule has 86 valence electrons. The normalized spacial score (nSPS) is 9.81. The Morgan fingerprint density at radius 2 is 2.06 bits per heavy atom. The summed E-state index contributed by atoms with van der Waals surface area (Å²) < 4.78 is 4.62. The number of methoxy groups -OCH3 is 1. The van der Waals surface area contributed by atoms with E-state index in [1.54, 1.807) is 20.0 Å². The van der Waals surface area contributed by atoms with Crippen LogP contribution < -0.4 is 10.8 Å². The Labute approximate surface area is 94.2 Å². The van der Waals surface area contributed by atoms with Crippen LogP contribution in [0.1, 0.15) is 15.9 Å². The van der Waals surface area contributed by atoms with Crippen LogP contribution in [0, 0.1) is 6.92 Å². The van der Waals surface area contributed by atoms with Gasteiger partial charge in [-0.05, 0) is 30.1 Å². The highest BCUT2D eigenvalue weighted by molar-refractivity contribution is 6.58. The molecule has 16 heavy (non-hydrogen) atoms. The van der Waals surface area contributed by atoms with Gasteiger partial charge in [-0.15, -0.1) is 0 Å². The van der Waals surface area contributed by atoms with Gasteiger partial charge in [0.25, 0.3) is 0 Å². The molecule has 0 atom stereocenters. The maximum Gasteiger partial charge on any atom is 0.488 e. The van der Waals surface area contributed by atoms with Crippen molar-refractivity contribution in [2.75, 3.05) is 19.5 Å². The zero-order valence-corrected chi connectivity index (χ0v) is 9.44. The molecule has 3 N–H and O–H groups in total. The first kappa shape index (κ1) is 12.5. The second-order valence-electron chi connectivity index (χ2n) is 3.36. The van der Waals surface area contributed by atoms with Crippen molar-refractivity contribution in [3.8, 4) is 0 Å². The number of ether oxygens (including phenoxy) is 1. The standard InChI is InChI=1S/C10H14BNO4/c1-6-8(10(13)16-3)4-7(11(14)15)5-9(6)12-2/h4-5,12,14-15H,1-3H3. The lowest BCUT2D eigenvalue weighted by Crippen LogP contribution is -2.31. The van der Waals surface area contributed by atoms with Gasteiger partial charge in [0.1, 0.15) is 0 Å². The van der Waals surface area contributed by atoms with Crippen molar-refractivity contribution in [2.45, 2.75) is 6.92 Å². The first-order chi connectivity index (χ1) is 7.51. The summed E-state index contributed by atoms with van der Waals surface area (Å²) in [4.78, 5) is 11.5. The summed E-state index contributed by atoms with van der Waals surface area (Å²) in [6.45, 7) is 1.76. The highest BCUT2D eigenvalue weighted by atomic mass is 16.5. The predicted molar refractivity (Wildman–Crippen MR) is 61.9 cm³/mol. The second kappa shape index (κ2) is 5.00. The molecule has 0 saturated carbocycles. The van der Waals surface area contributed by atoms with E-state index in [1.165, 1.54) is 13.2 Å². The molecule has 0 aliphatic carbocycles. The Morgan fingerprint density at radius 1 is 1.44 bits per heavy atom. The molecule has 0 aromatic heterocycles. The molecule has 0 bridgehead atoms. The number of rotatable bonds is 3. The van der Waals surface area contributed by atoms with Crippen LogP contribution in [0.2, 0.25) is 0 Å². The summed E-state index contributed by atoms with van der Waals surface area (Å²) in [5.74, 6) is -0.503. The SMILES string of the molecule is CNc1cc(B(O)O)cc(C(=O)OC)c1C. The molecule has 0 saturated heterocycles. The molecule has 1 rings (SSSR count). The van der Waals surface area contributed by atoms with Crippen LogP contribution in [0.15, 0.2) is 12.1 Å². The molecular weight excluding hydrogens is 209 g/mol. The van der Waals surface area contributed by atoms with Crippen molar-refractivity contribution < 1.29 is 19.6 Å². The number of carbonyl (C=O) groups is 1. The number of hydrogen-bond donors (Lipinski definition) is 3. The average Bonchev–Trinajstić information content (AvgIpc) is 2.28. The van der Waals surface area contributed by atoms with Crippen molar-refractivity contribution >= 4 is 24.2 Å². The van der Waals surface area contributed by atoms with E-state index in [-0.39, 0.29) is 5.46 Å².